The average Bonchev–Trinajstić information content (AvgIpc) is 2.72. The molecule has 3 aromatic rings. The highest BCUT2D eigenvalue weighted by atomic mass is 79.9. The molecule has 2 aliphatic rings. The number of halogens is 1. The van der Waals surface area contributed by atoms with Gasteiger partial charge in [0, 0.05) is 35.4 Å². The van der Waals surface area contributed by atoms with Crippen LogP contribution in [0.2, 0.25) is 0 Å². The third-order valence-electron chi connectivity index (χ3n) is 6.87. The summed E-state index contributed by atoms with van der Waals surface area (Å²) in [6.07, 6.45) is 2.28. The van der Waals surface area contributed by atoms with Crippen LogP contribution in [0.15, 0.2) is 53.0 Å². The maximum atomic E-state index is 11.0. The fourth-order valence-electron chi connectivity index (χ4n) is 5.05. The zero-order valence-electron chi connectivity index (χ0n) is 17.6. The van der Waals surface area contributed by atoms with Crippen LogP contribution < -0.4 is 4.74 Å². The lowest BCUT2D eigenvalue weighted by Gasteiger charge is -2.44. The lowest BCUT2D eigenvalue weighted by atomic mass is 9.76. The third-order valence-corrected chi connectivity index (χ3v) is 7.73. The molecule has 1 heterocycles. The van der Waals surface area contributed by atoms with E-state index in [1.54, 1.807) is 0 Å². The number of carboxylic acid groups (broad SMARTS) is 1. The van der Waals surface area contributed by atoms with E-state index in [1.165, 1.54) is 33.0 Å². The summed E-state index contributed by atoms with van der Waals surface area (Å²) in [6.45, 7) is 4.49. The van der Waals surface area contributed by atoms with Crippen molar-refractivity contribution in [1.29, 1.82) is 0 Å². The molecule has 0 amide bonds. The molecule has 5 rings (SSSR count). The number of carbonyl (C=O) groups is 1. The number of hydrogen-bond acceptors (Lipinski definition) is 3. The Morgan fingerprint density at radius 1 is 1.10 bits per heavy atom. The first-order valence-electron chi connectivity index (χ1n) is 10.9. The van der Waals surface area contributed by atoms with Gasteiger partial charge in [0.05, 0.1) is 0 Å². The third kappa shape index (κ3) is 3.97. The SMILES string of the molecule is Cc1c(Br)cccc1COc1ccc2c3c(cccc13)CN(C1CC(CC(=O)O)C1)C2. The van der Waals surface area contributed by atoms with Crippen molar-refractivity contribution in [2.45, 2.75) is 51.9 Å². The van der Waals surface area contributed by atoms with E-state index in [1.807, 2.05) is 6.07 Å². The van der Waals surface area contributed by atoms with E-state index in [0.717, 1.165) is 36.2 Å². The molecule has 1 saturated carbocycles. The molecule has 0 bridgehead atoms. The second kappa shape index (κ2) is 8.29. The Bertz CT molecular complexity index is 1140. The van der Waals surface area contributed by atoms with Crippen molar-refractivity contribution >= 4 is 32.7 Å². The fourth-order valence-corrected chi connectivity index (χ4v) is 5.46. The molecule has 5 heteroatoms. The summed E-state index contributed by atoms with van der Waals surface area (Å²) in [6, 6.07) is 17.5. The normalized spacial score (nSPS) is 20.5. The van der Waals surface area contributed by atoms with Crippen LogP contribution in [0.3, 0.4) is 0 Å². The Morgan fingerprint density at radius 3 is 2.61 bits per heavy atom. The first-order valence-corrected chi connectivity index (χ1v) is 11.6. The summed E-state index contributed by atoms with van der Waals surface area (Å²) in [4.78, 5) is 13.5. The minimum absolute atomic E-state index is 0.300. The standard InChI is InChI=1S/C26H26BrNO3/c1-16-20(5-3-7-23(16)27)15-31-24-9-8-19-14-28(21-10-17(11-21)12-25(29)30)13-18-4-2-6-22(24)26(18)19/h2-9,17,21H,10-15H2,1H3,(H,29,30). The lowest BCUT2D eigenvalue weighted by Crippen LogP contribution is -2.45. The van der Waals surface area contributed by atoms with Crippen LogP contribution in [0.1, 0.15) is 41.5 Å². The highest BCUT2D eigenvalue weighted by molar-refractivity contribution is 9.10. The number of nitrogens with zero attached hydrogens (tertiary/aromatic N) is 1. The molecule has 0 atom stereocenters. The zero-order chi connectivity index (χ0) is 21.5. The highest BCUT2D eigenvalue weighted by Crippen LogP contribution is 2.41. The molecule has 1 N–H and O–H groups in total. The smallest absolute Gasteiger partial charge is 0.303 e. The molecule has 0 saturated heterocycles. The molecular weight excluding hydrogens is 454 g/mol. The maximum absolute atomic E-state index is 11.0. The summed E-state index contributed by atoms with van der Waals surface area (Å²) < 4.78 is 7.39. The van der Waals surface area contributed by atoms with Crippen molar-refractivity contribution in [1.82, 2.24) is 4.90 Å². The molecule has 4 nitrogen and oxygen atoms in total. The van der Waals surface area contributed by atoms with Crippen LogP contribution in [-0.4, -0.2) is 22.0 Å². The summed E-state index contributed by atoms with van der Waals surface area (Å²) in [5.74, 6) is 0.582. The van der Waals surface area contributed by atoms with Gasteiger partial charge in [-0.25, -0.2) is 0 Å². The van der Waals surface area contributed by atoms with Gasteiger partial charge in [0.2, 0.25) is 0 Å². The van der Waals surface area contributed by atoms with E-state index in [-0.39, 0.29) is 0 Å². The van der Waals surface area contributed by atoms with Crippen molar-refractivity contribution in [2.75, 3.05) is 0 Å². The quantitative estimate of drug-likeness (QED) is 0.466. The van der Waals surface area contributed by atoms with Crippen LogP contribution >= 0.6 is 15.9 Å². The van der Waals surface area contributed by atoms with Gasteiger partial charge in [-0.15, -0.1) is 0 Å². The van der Waals surface area contributed by atoms with Gasteiger partial charge in [-0.3, -0.25) is 9.69 Å². The van der Waals surface area contributed by atoms with Crippen LogP contribution in [-0.2, 0) is 24.5 Å². The number of ether oxygens (including phenoxy) is 1. The Labute approximate surface area is 191 Å². The highest BCUT2D eigenvalue weighted by Gasteiger charge is 2.36. The predicted molar refractivity (Wildman–Crippen MR) is 125 cm³/mol. The predicted octanol–water partition coefficient (Wildman–Crippen LogP) is 6.06. The van der Waals surface area contributed by atoms with E-state index in [0.29, 0.717) is 25.0 Å². The molecule has 0 spiro atoms. The summed E-state index contributed by atoms with van der Waals surface area (Å²) in [5.41, 5.74) is 5.07. The van der Waals surface area contributed by atoms with Gasteiger partial charge in [-0.1, -0.05) is 52.3 Å². The van der Waals surface area contributed by atoms with Gasteiger partial charge >= 0.3 is 5.97 Å². The van der Waals surface area contributed by atoms with E-state index >= 15 is 0 Å². The Hall–Kier alpha value is -2.37. The average molecular weight is 480 g/mol. The number of hydrogen-bond donors (Lipinski definition) is 1. The van der Waals surface area contributed by atoms with Crippen molar-refractivity contribution in [3.8, 4) is 5.75 Å². The minimum Gasteiger partial charge on any atom is -0.488 e. The first kappa shape index (κ1) is 20.5. The molecule has 0 unspecified atom stereocenters. The second-order valence-corrected chi connectivity index (χ2v) is 9.72. The largest absolute Gasteiger partial charge is 0.488 e. The molecule has 1 aliphatic carbocycles. The molecule has 160 valence electrons. The number of aliphatic carboxylic acids is 1. The van der Waals surface area contributed by atoms with E-state index < -0.39 is 5.97 Å². The van der Waals surface area contributed by atoms with E-state index in [9.17, 15) is 4.79 Å². The zero-order valence-corrected chi connectivity index (χ0v) is 19.2. The van der Waals surface area contributed by atoms with Gasteiger partial charge in [-0.05, 0) is 65.5 Å². The number of rotatable bonds is 6. The fraction of sp³-hybridized carbons (Fsp3) is 0.346. The number of carboxylic acids is 1. The van der Waals surface area contributed by atoms with Crippen molar-refractivity contribution < 1.29 is 14.6 Å². The van der Waals surface area contributed by atoms with Gasteiger partial charge in [0.15, 0.2) is 0 Å². The second-order valence-electron chi connectivity index (χ2n) is 8.87. The Balaban J connectivity index is 1.35. The summed E-state index contributed by atoms with van der Waals surface area (Å²) in [7, 11) is 0. The summed E-state index contributed by atoms with van der Waals surface area (Å²) in [5, 5.41) is 11.5. The van der Waals surface area contributed by atoms with Crippen LogP contribution in [0, 0.1) is 12.8 Å². The van der Waals surface area contributed by atoms with E-state index in [2.05, 4.69) is 70.2 Å². The first-order chi connectivity index (χ1) is 15.0. The Morgan fingerprint density at radius 2 is 1.84 bits per heavy atom. The molecule has 31 heavy (non-hydrogen) atoms. The van der Waals surface area contributed by atoms with Crippen molar-refractivity contribution in [3.05, 3.63) is 75.3 Å². The molecule has 1 aliphatic heterocycles. The minimum atomic E-state index is -0.678. The van der Waals surface area contributed by atoms with Crippen molar-refractivity contribution in [2.24, 2.45) is 5.92 Å². The van der Waals surface area contributed by atoms with Gasteiger partial charge in [0.1, 0.15) is 12.4 Å². The summed E-state index contributed by atoms with van der Waals surface area (Å²) >= 11 is 3.60. The topological polar surface area (TPSA) is 49.8 Å². The van der Waals surface area contributed by atoms with Crippen molar-refractivity contribution in [3.63, 3.8) is 0 Å². The molecule has 1 fully saturated rings. The molecular formula is C26H26BrNO3. The van der Waals surface area contributed by atoms with Crippen LogP contribution in [0.5, 0.6) is 5.75 Å². The number of benzene rings is 3. The van der Waals surface area contributed by atoms with E-state index in [4.69, 9.17) is 9.84 Å². The van der Waals surface area contributed by atoms with Gasteiger partial charge < -0.3 is 9.84 Å². The van der Waals surface area contributed by atoms with Gasteiger partial charge in [0.25, 0.3) is 0 Å². The molecule has 0 aromatic heterocycles. The lowest BCUT2D eigenvalue weighted by molar-refractivity contribution is -0.139. The van der Waals surface area contributed by atoms with Crippen LogP contribution in [0.25, 0.3) is 10.8 Å². The monoisotopic (exact) mass is 479 g/mol. The van der Waals surface area contributed by atoms with Gasteiger partial charge in [-0.2, -0.15) is 0 Å². The maximum Gasteiger partial charge on any atom is 0.303 e. The molecule has 3 aromatic carbocycles. The molecule has 0 radical (unpaired) electrons. The Kier molecular flexibility index (Phi) is 5.49. The van der Waals surface area contributed by atoms with Crippen LogP contribution in [0.4, 0.5) is 0 Å².